The van der Waals surface area contributed by atoms with E-state index >= 15 is 0 Å². The van der Waals surface area contributed by atoms with Gasteiger partial charge in [-0.15, -0.1) is 0 Å². The molecule has 1 aromatic heterocycles. The van der Waals surface area contributed by atoms with E-state index in [4.69, 9.17) is 21.4 Å². The van der Waals surface area contributed by atoms with Crippen LogP contribution in [0, 0.1) is 0 Å². The second-order valence-corrected chi connectivity index (χ2v) is 3.44. The monoisotopic (exact) mass is 269 g/mol. The van der Waals surface area contributed by atoms with Crippen LogP contribution in [0.1, 0.15) is 16.8 Å². The van der Waals surface area contributed by atoms with Crippen LogP contribution in [0.5, 0.6) is 5.88 Å². The van der Waals surface area contributed by atoms with Gasteiger partial charge in [-0.1, -0.05) is 11.6 Å². The summed E-state index contributed by atoms with van der Waals surface area (Å²) in [5.41, 5.74) is -0.168. The van der Waals surface area contributed by atoms with Crippen molar-refractivity contribution in [1.29, 1.82) is 0 Å². The van der Waals surface area contributed by atoms with Gasteiger partial charge in [0.1, 0.15) is 5.02 Å². The van der Waals surface area contributed by atoms with Crippen LogP contribution in [-0.2, 0) is 0 Å². The molecule has 0 saturated heterocycles. The minimum Gasteiger partial charge on any atom is -0.478 e. The fraction of sp³-hybridized carbons (Fsp3) is 0.333. The Kier molecular flexibility index (Phi) is 4.17. The van der Waals surface area contributed by atoms with Gasteiger partial charge in [0.05, 0.1) is 18.6 Å². The predicted molar refractivity (Wildman–Crippen MR) is 52.4 cm³/mol. The van der Waals surface area contributed by atoms with Crippen molar-refractivity contribution < 1.29 is 27.8 Å². The number of aromatic nitrogens is 1. The normalized spacial score (nSPS) is 11.3. The number of hydrogen-bond acceptors (Lipinski definition) is 3. The summed E-state index contributed by atoms with van der Waals surface area (Å²) in [5, 5.41) is 8.45. The summed E-state index contributed by atoms with van der Waals surface area (Å²) in [5.74, 6) is -1.46. The third-order valence-corrected chi connectivity index (χ3v) is 1.95. The second kappa shape index (κ2) is 5.22. The number of alkyl halides is 3. The number of pyridine rings is 1. The number of aromatic carboxylic acids is 1. The minimum atomic E-state index is -4.33. The van der Waals surface area contributed by atoms with Crippen LogP contribution in [0.3, 0.4) is 0 Å². The molecule has 17 heavy (non-hydrogen) atoms. The SMILES string of the molecule is O=C(O)c1cnc(OCCC(F)(F)F)c(Cl)c1. The number of hydrogen-bond donors (Lipinski definition) is 1. The average molecular weight is 270 g/mol. The highest BCUT2D eigenvalue weighted by Gasteiger charge is 2.27. The van der Waals surface area contributed by atoms with E-state index in [1.807, 2.05) is 0 Å². The van der Waals surface area contributed by atoms with Crippen molar-refractivity contribution in [3.63, 3.8) is 0 Å². The summed E-state index contributed by atoms with van der Waals surface area (Å²) in [7, 11) is 0. The van der Waals surface area contributed by atoms with Crippen molar-refractivity contribution >= 4 is 17.6 Å². The maximum absolute atomic E-state index is 11.8. The predicted octanol–water partition coefficient (Wildman–Crippen LogP) is 2.76. The molecule has 1 heterocycles. The van der Waals surface area contributed by atoms with Crippen molar-refractivity contribution in [2.75, 3.05) is 6.61 Å². The van der Waals surface area contributed by atoms with Gasteiger partial charge in [0.15, 0.2) is 0 Å². The van der Waals surface area contributed by atoms with Crippen LogP contribution in [0.2, 0.25) is 5.02 Å². The quantitative estimate of drug-likeness (QED) is 0.913. The fourth-order valence-electron chi connectivity index (χ4n) is 0.912. The second-order valence-electron chi connectivity index (χ2n) is 3.03. The Hall–Kier alpha value is -1.50. The molecule has 0 saturated carbocycles. The Morgan fingerprint density at radius 3 is 2.65 bits per heavy atom. The maximum Gasteiger partial charge on any atom is 0.392 e. The smallest absolute Gasteiger partial charge is 0.392 e. The summed E-state index contributed by atoms with van der Waals surface area (Å²) in [6.45, 7) is -0.622. The number of nitrogens with zero attached hydrogens (tertiary/aromatic N) is 1. The van der Waals surface area contributed by atoms with Crippen LogP contribution < -0.4 is 4.74 Å². The molecular weight excluding hydrogens is 263 g/mol. The number of carboxylic acid groups (broad SMARTS) is 1. The Bertz CT molecular complexity index is 422. The van der Waals surface area contributed by atoms with Gasteiger partial charge in [0, 0.05) is 6.20 Å². The van der Waals surface area contributed by atoms with Crippen molar-refractivity contribution in [2.24, 2.45) is 0 Å². The fourth-order valence-corrected chi connectivity index (χ4v) is 1.13. The molecule has 0 bridgehead atoms. The lowest BCUT2D eigenvalue weighted by Gasteiger charge is -2.09. The average Bonchev–Trinajstić information content (AvgIpc) is 2.18. The number of ether oxygens (including phenoxy) is 1. The zero-order valence-corrected chi connectivity index (χ0v) is 9.05. The molecule has 1 N–H and O–H groups in total. The van der Waals surface area contributed by atoms with E-state index in [9.17, 15) is 18.0 Å². The van der Waals surface area contributed by atoms with Gasteiger partial charge in [-0.05, 0) is 6.07 Å². The molecule has 0 radical (unpaired) electrons. The van der Waals surface area contributed by atoms with Crippen LogP contribution in [0.4, 0.5) is 13.2 Å². The van der Waals surface area contributed by atoms with Crippen molar-refractivity contribution in [2.45, 2.75) is 12.6 Å². The number of carbonyl (C=O) groups is 1. The molecule has 4 nitrogen and oxygen atoms in total. The van der Waals surface area contributed by atoms with Gasteiger partial charge < -0.3 is 9.84 Å². The van der Waals surface area contributed by atoms with Gasteiger partial charge in [-0.2, -0.15) is 13.2 Å². The van der Waals surface area contributed by atoms with E-state index < -0.39 is 25.2 Å². The summed E-state index contributed by atoms with van der Waals surface area (Å²) in [6.07, 6.45) is -4.50. The largest absolute Gasteiger partial charge is 0.478 e. The third-order valence-electron chi connectivity index (χ3n) is 1.68. The van der Waals surface area contributed by atoms with E-state index in [1.54, 1.807) is 0 Å². The summed E-state index contributed by atoms with van der Waals surface area (Å²) >= 11 is 5.59. The first-order valence-electron chi connectivity index (χ1n) is 4.38. The van der Waals surface area contributed by atoms with Gasteiger partial charge in [0.25, 0.3) is 0 Å². The van der Waals surface area contributed by atoms with Crippen LogP contribution in [0.25, 0.3) is 0 Å². The first-order chi connectivity index (χ1) is 7.79. The molecule has 0 aliphatic heterocycles. The lowest BCUT2D eigenvalue weighted by Crippen LogP contribution is -2.13. The van der Waals surface area contributed by atoms with Crippen molar-refractivity contribution in [1.82, 2.24) is 4.98 Å². The van der Waals surface area contributed by atoms with E-state index in [1.165, 1.54) is 0 Å². The Morgan fingerprint density at radius 2 is 2.18 bits per heavy atom. The molecular formula is C9H7ClF3NO3. The summed E-state index contributed by atoms with van der Waals surface area (Å²) < 4.78 is 40.1. The molecule has 0 aromatic carbocycles. The van der Waals surface area contributed by atoms with Gasteiger partial charge in [0.2, 0.25) is 5.88 Å². The van der Waals surface area contributed by atoms with Crippen LogP contribution in [-0.4, -0.2) is 28.8 Å². The molecule has 0 unspecified atom stereocenters. The highest BCUT2D eigenvalue weighted by molar-refractivity contribution is 6.32. The Morgan fingerprint density at radius 1 is 1.53 bits per heavy atom. The highest BCUT2D eigenvalue weighted by atomic mass is 35.5. The van der Waals surface area contributed by atoms with E-state index in [0.29, 0.717) is 0 Å². The summed E-state index contributed by atoms with van der Waals surface area (Å²) in [4.78, 5) is 14.0. The zero-order chi connectivity index (χ0) is 13.1. The van der Waals surface area contributed by atoms with Gasteiger partial charge >= 0.3 is 12.1 Å². The standard InChI is InChI=1S/C9H7ClF3NO3/c10-6-3-5(8(15)16)4-14-7(6)17-2-1-9(11,12)13/h3-4H,1-2H2,(H,15,16). The minimum absolute atomic E-state index is 0.146. The first-order valence-corrected chi connectivity index (χ1v) is 4.76. The van der Waals surface area contributed by atoms with Gasteiger partial charge in [-0.3, -0.25) is 0 Å². The molecule has 0 fully saturated rings. The molecule has 0 atom stereocenters. The van der Waals surface area contributed by atoms with Crippen molar-refractivity contribution in [3.8, 4) is 5.88 Å². The third kappa shape index (κ3) is 4.48. The lowest BCUT2D eigenvalue weighted by atomic mass is 10.3. The lowest BCUT2D eigenvalue weighted by molar-refractivity contribution is -0.139. The maximum atomic E-state index is 11.8. The zero-order valence-electron chi connectivity index (χ0n) is 8.29. The summed E-state index contributed by atoms with van der Waals surface area (Å²) in [6, 6.07) is 1.06. The topological polar surface area (TPSA) is 59.4 Å². The highest BCUT2D eigenvalue weighted by Crippen LogP contribution is 2.24. The molecule has 94 valence electrons. The molecule has 0 amide bonds. The number of rotatable bonds is 4. The van der Waals surface area contributed by atoms with Gasteiger partial charge in [-0.25, -0.2) is 9.78 Å². The molecule has 8 heteroatoms. The molecule has 1 aromatic rings. The molecule has 0 aliphatic carbocycles. The Labute approximate surface area is 99.0 Å². The number of halogens is 4. The molecule has 0 spiro atoms. The molecule has 1 rings (SSSR count). The van der Waals surface area contributed by atoms with Crippen molar-refractivity contribution in [3.05, 3.63) is 22.8 Å². The van der Waals surface area contributed by atoms with Crippen LogP contribution >= 0.6 is 11.6 Å². The number of carboxylic acids is 1. The molecule has 0 aliphatic rings. The van der Waals surface area contributed by atoms with Crippen LogP contribution in [0.15, 0.2) is 12.3 Å². The van der Waals surface area contributed by atoms with E-state index in [-0.39, 0.29) is 16.5 Å². The van der Waals surface area contributed by atoms with E-state index in [0.717, 1.165) is 12.3 Å². The van der Waals surface area contributed by atoms with E-state index in [2.05, 4.69) is 4.98 Å². The first kappa shape index (κ1) is 13.6. The Balaban J connectivity index is 2.64.